The number of rotatable bonds is 7. The molecule has 188 valence electrons. The molecule has 0 radical (unpaired) electrons. The van der Waals surface area contributed by atoms with Crippen LogP contribution in [0.5, 0.6) is 11.5 Å². The fourth-order valence-electron chi connectivity index (χ4n) is 4.42. The molecule has 9 heteroatoms. The Bertz CT molecular complexity index is 1390. The number of carbonyl (C=O) groups excluding carboxylic acids is 1. The molecular formula is C27H30N4O3S2. The van der Waals surface area contributed by atoms with E-state index in [1.165, 1.54) is 14.6 Å². The van der Waals surface area contributed by atoms with Crippen LogP contribution >= 0.6 is 22.7 Å². The lowest BCUT2D eigenvalue weighted by atomic mass is 10.1. The summed E-state index contributed by atoms with van der Waals surface area (Å²) in [6.07, 6.45) is 0.793. The van der Waals surface area contributed by atoms with Gasteiger partial charge in [0.1, 0.15) is 13.2 Å². The number of hydrogen-bond acceptors (Lipinski definition) is 7. The van der Waals surface area contributed by atoms with Crippen molar-refractivity contribution in [2.24, 2.45) is 0 Å². The molecule has 0 unspecified atom stereocenters. The first-order valence-electron chi connectivity index (χ1n) is 12.0. The molecule has 0 atom stereocenters. The van der Waals surface area contributed by atoms with Crippen LogP contribution in [0, 0.1) is 27.7 Å². The Hall–Kier alpha value is -3.17. The lowest BCUT2D eigenvalue weighted by Crippen LogP contribution is -2.35. The third kappa shape index (κ3) is 5.32. The van der Waals surface area contributed by atoms with Crippen molar-refractivity contribution in [3.05, 3.63) is 68.2 Å². The molecule has 1 aromatic carbocycles. The molecule has 4 heterocycles. The number of carbonyl (C=O) groups is 1. The highest BCUT2D eigenvalue weighted by molar-refractivity contribution is 7.15. The number of thiophene rings is 1. The van der Waals surface area contributed by atoms with Crippen molar-refractivity contribution in [2.45, 2.75) is 47.2 Å². The molecule has 5 rings (SSSR count). The van der Waals surface area contributed by atoms with Crippen molar-refractivity contribution in [1.29, 1.82) is 0 Å². The van der Waals surface area contributed by atoms with Crippen LogP contribution in [-0.2, 0) is 24.3 Å². The maximum atomic E-state index is 13.2. The van der Waals surface area contributed by atoms with Gasteiger partial charge in [0, 0.05) is 38.9 Å². The SMILES string of the molecule is Cc1cc(C)n(CC(=O)N2CCOc3c(cc(-c4ccc(C)s4)cc3OCCc3scnc3C)C2)n1. The van der Waals surface area contributed by atoms with Crippen molar-refractivity contribution in [3.8, 4) is 21.9 Å². The van der Waals surface area contributed by atoms with E-state index in [1.54, 1.807) is 27.4 Å². The second-order valence-corrected chi connectivity index (χ2v) is 11.3. The number of aryl methyl sites for hydroxylation is 4. The molecule has 3 aromatic heterocycles. The molecule has 0 spiro atoms. The van der Waals surface area contributed by atoms with E-state index in [9.17, 15) is 4.79 Å². The van der Waals surface area contributed by atoms with Gasteiger partial charge in [-0.2, -0.15) is 5.10 Å². The van der Waals surface area contributed by atoms with Crippen molar-refractivity contribution in [3.63, 3.8) is 0 Å². The van der Waals surface area contributed by atoms with Gasteiger partial charge in [-0.05, 0) is 63.6 Å². The molecule has 36 heavy (non-hydrogen) atoms. The Morgan fingerprint density at radius 2 is 2.03 bits per heavy atom. The molecule has 4 aromatic rings. The van der Waals surface area contributed by atoms with Gasteiger partial charge in [0.2, 0.25) is 5.91 Å². The molecular weight excluding hydrogens is 492 g/mol. The zero-order valence-electron chi connectivity index (χ0n) is 21.0. The summed E-state index contributed by atoms with van der Waals surface area (Å²) < 4.78 is 14.3. The van der Waals surface area contributed by atoms with Crippen LogP contribution < -0.4 is 9.47 Å². The number of fused-ring (bicyclic) bond motifs is 1. The van der Waals surface area contributed by atoms with E-state index in [2.05, 4.69) is 41.3 Å². The highest BCUT2D eigenvalue weighted by atomic mass is 32.1. The lowest BCUT2D eigenvalue weighted by molar-refractivity contribution is -0.132. The van der Waals surface area contributed by atoms with Gasteiger partial charge in [0.25, 0.3) is 0 Å². The number of amides is 1. The first-order valence-corrected chi connectivity index (χ1v) is 13.7. The smallest absolute Gasteiger partial charge is 0.244 e. The van der Waals surface area contributed by atoms with Crippen LogP contribution in [0.4, 0.5) is 0 Å². The quantitative estimate of drug-likeness (QED) is 0.328. The lowest BCUT2D eigenvalue weighted by Gasteiger charge is -2.21. The van der Waals surface area contributed by atoms with Gasteiger partial charge in [0.15, 0.2) is 11.5 Å². The van der Waals surface area contributed by atoms with Gasteiger partial charge in [-0.1, -0.05) is 0 Å². The van der Waals surface area contributed by atoms with Crippen LogP contribution in [0.15, 0.2) is 35.8 Å². The maximum absolute atomic E-state index is 13.2. The molecule has 1 aliphatic rings. The third-order valence-corrected chi connectivity index (χ3v) is 8.34. The first kappa shape index (κ1) is 24.5. The zero-order valence-corrected chi connectivity index (χ0v) is 22.7. The maximum Gasteiger partial charge on any atom is 0.244 e. The molecule has 0 bridgehead atoms. The van der Waals surface area contributed by atoms with Crippen LogP contribution in [-0.4, -0.2) is 45.3 Å². The highest BCUT2D eigenvalue weighted by Gasteiger charge is 2.25. The summed E-state index contributed by atoms with van der Waals surface area (Å²) in [6.45, 7) is 10.2. The predicted octanol–water partition coefficient (Wildman–Crippen LogP) is 5.34. The van der Waals surface area contributed by atoms with Gasteiger partial charge in [-0.3, -0.25) is 9.48 Å². The van der Waals surface area contributed by atoms with Crippen LogP contribution in [0.25, 0.3) is 10.4 Å². The Morgan fingerprint density at radius 3 is 2.72 bits per heavy atom. The van der Waals surface area contributed by atoms with Crippen molar-refractivity contribution in [1.82, 2.24) is 19.7 Å². The normalized spacial score (nSPS) is 13.3. The topological polar surface area (TPSA) is 69.5 Å². The van der Waals surface area contributed by atoms with E-state index in [1.807, 2.05) is 37.2 Å². The summed E-state index contributed by atoms with van der Waals surface area (Å²) in [4.78, 5) is 23.1. The number of aromatic nitrogens is 3. The molecule has 7 nitrogen and oxygen atoms in total. The zero-order chi connectivity index (χ0) is 25.2. The highest BCUT2D eigenvalue weighted by Crippen LogP contribution is 2.40. The molecule has 0 aliphatic carbocycles. The van der Waals surface area contributed by atoms with E-state index in [4.69, 9.17) is 9.47 Å². The van der Waals surface area contributed by atoms with E-state index in [0.29, 0.717) is 26.3 Å². The fourth-order valence-corrected chi connectivity index (χ4v) is 6.04. The fraction of sp³-hybridized carbons (Fsp3) is 0.370. The van der Waals surface area contributed by atoms with Crippen molar-refractivity contribution < 1.29 is 14.3 Å². The number of hydrogen-bond donors (Lipinski definition) is 0. The van der Waals surface area contributed by atoms with Crippen molar-refractivity contribution in [2.75, 3.05) is 19.8 Å². The molecule has 0 saturated heterocycles. The number of ether oxygens (including phenoxy) is 2. The predicted molar refractivity (Wildman–Crippen MR) is 143 cm³/mol. The Morgan fingerprint density at radius 1 is 1.17 bits per heavy atom. The average molecular weight is 523 g/mol. The minimum absolute atomic E-state index is 0.0261. The van der Waals surface area contributed by atoms with Gasteiger partial charge in [-0.25, -0.2) is 4.98 Å². The van der Waals surface area contributed by atoms with Crippen LogP contribution in [0.2, 0.25) is 0 Å². The second kappa shape index (κ2) is 10.4. The largest absolute Gasteiger partial charge is 0.489 e. The summed E-state index contributed by atoms with van der Waals surface area (Å²) in [5.74, 6) is 1.48. The second-order valence-electron chi connectivity index (χ2n) is 9.08. The molecule has 0 fully saturated rings. The summed E-state index contributed by atoms with van der Waals surface area (Å²) in [5, 5.41) is 4.46. The summed E-state index contributed by atoms with van der Waals surface area (Å²) >= 11 is 3.40. The number of nitrogens with zero attached hydrogens (tertiary/aromatic N) is 4. The van der Waals surface area contributed by atoms with E-state index in [-0.39, 0.29) is 12.5 Å². The Kier molecular flexibility index (Phi) is 7.11. The van der Waals surface area contributed by atoms with Gasteiger partial charge < -0.3 is 14.4 Å². The Balaban J connectivity index is 1.41. The van der Waals surface area contributed by atoms with E-state index >= 15 is 0 Å². The third-order valence-electron chi connectivity index (χ3n) is 6.30. The minimum Gasteiger partial charge on any atom is -0.489 e. The van der Waals surface area contributed by atoms with Crippen LogP contribution in [0.3, 0.4) is 0 Å². The molecule has 0 saturated carbocycles. The van der Waals surface area contributed by atoms with Crippen molar-refractivity contribution >= 4 is 28.6 Å². The summed E-state index contributed by atoms with van der Waals surface area (Å²) in [6, 6.07) is 10.4. The van der Waals surface area contributed by atoms with Crippen LogP contribution in [0.1, 0.15) is 32.4 Å². The van der Waals surface area contributed by atoms with E-state index < -0.39 is 0 Å². The van der Waals surface area contributed by atoms with Gasteiger partial charge in [-0.15, -0.1) is 22.7 Å². The first-order chi connectivity index (χ1) is 17.4. The minimum atomic E-state index is 0.0261. The average Bonchev–Trinajstić information content (AvgIpc) is 3.49. The molecule has 1 amide bonds. The van der Waals surface area contributed by atoms with Gasteiger partial charge >= 0.3 is 0 Å². The van der Waals surface area contributed by atoms with Gasteiger partial charge in [0.05, 0.1) is 30.1 Å². The standard InChI is InChI=1S/C27H30N4O3S2/c1-17-11-18(2)31(29-17)15-26(32)30-8-10-34-27-22(14-30)12-21(25-6-5-19(3)36-25)13-23(27)33-9-7-24-20(4)28-16-35-24/h5-6,11-13,16H,7-10,14-15H2,1-4H3. The number of thiazole rings is 1. The van der Waals surface area contributed by atoms with E-state index in [0.717, 1.165) is 46.1 Å². The summed E-state index contributed by atoms with van der Waals surface area (Å²) in [7, 11) is 0. The molecule has 1 aliphatic heterocycles. The Labute approximate surface area is 219 Å². The number of benzene rings is 1. The monoisotopic (exact) mass is 522 g/mol. The summed E-state index contributed by atoms with van der Waals surface area (Å²) in [5.41, 5.74) is 6.86. The molecule has 0 N–H and O–H groups in total.